The van der Waals surface area contributed by atoms with Crippen LogP contribution in [-0.2, 0) is 20.7 Å². The zero-order valence-corrected chi connectivity index (χ0v) is 15.0. The first-order chi connectivity index (χ1) is 11.5. The fourth-order valence-electron chi connectivity index (χ4n) is 2.11. The first-order valence-electron chi connectivity index (χ1n) is 7.37. The van der Waals surface area contributed by atoms with Gasteiger partial charge < -0.3 is 14.8 Å². The second kappa shape index (κ2) is 8.49. The molecule has 0 aliphatic carbocycles. The third-order valence-corrected chi connectivity index (χ3v) is 3.79. The minimum Gasteiger partial charge on any atom is -0.496 e. The first-order valence-corrected chi connectivity index (χ1v) is 8.16. The van der Waals surface area contributed by atoms with Crippen molar-refractivity contribution in [1.82, 2.24) is 0 Å². The Morgan fingerprint density at radius 2 is 1.92 bits per heavy atom. The summed E-state index contributed by atoms with van der Waals surface area (Å²) in [6.07, 6.45) is -0.857. The molecular weight excluding hydrogens is 374 g/mol. The summed E-state index contributed by atoms with van der Waals surface area (Å²) < 4.78 is 11.2. The average molecular weight is 392 g/mol. The molecule has 0 spiro atoms. The van der Waals surface area contributed by atoms with Gasteiger partial charge in [-0.25, -0.2) is 0 Å². The molecule has 2 aromatic carbocycles. The number of esters is 1. The van der Waals surface area contributed by atoms with E-state index >= 15 is 0 Å². The Balaban J connectivity index is 1.92. The lowest BCUT2D eigenvalue weighted by Gasteiger charge is -2.14. The zero-order chi connectivity index (χ0) is 17.5. The Bertz CT molecular complexity index is 732. The molecule has 0 aromatic heterocycles. The van der Waals surface area contributed by atoms with Gasteiger partial charge in [0.25, 0.3) is 5.91 Å². The van der Waals surface area contributed by atoms with Gasteiger partial charge >= 0.3 is 5.97 Å². The molecule has 126 valence electrons. The predicted octanol–water partition coefficient (Wildman–Crippen LogP) is 3.57. The van der Waals surface area contributed by atoms with Crippen LogP contribution in [0.3, 0.4) is 0 Å². The highest BCUT2D eigenvalue weighted by Crippen LogP contribution is 2.19. The van der Waals surface area contributed by atoms with Crippen molar-refractivity contribution in [3.8, 4) is 5.75 Å². The molecule has 1 N–H and O–H groups in total. The van der Waals surface area contributed by atoms with Crippen LogP contribution in [0.15, 0.2) is 53.0 Å². The number of rotatable bonds is 6. The number of carbonyl (C=O) groups is 2. The first kappa shape index (κ1) is 18.0. The van der Waals surface area contributed by atoms with E-state index in [2.05, 4.69) is 21.2 Å². The average Bonchev–Trinajstić information content (AvgIpc) is 2.55. The van der Waals surface area contributed by atoms with Gasteiger partial charge in [-0.05, 0) is 31.2 Å². The highest BCUT2D eigenvalue weighted by atomic mass is 79.9. The number of hydrogen-bond acceptors (Lipinski definition) is 4. The maximum absolute atomic E-state index is 12.1. The van der Waals surface area contributed by atoms with E-state index in [1.807, 2.05) is 18.2 Å². The van der Waals surface area contributed by atoms with E-state index < -0.39 is 12.1 Å². The van der Waals surface area contributed by atoms with Crippen molar-refractivity contribution < 1.29 is 19.1 Å². The van der Waals surface area contributed by atoms with Gasteiger partial charge in [0.1, 0.15) is 5.75 Å². The molecule has 24 heavy (non-hydrogen) atoms. The van der Waals surface area contributed by atoms with Crippen LogP contribution in [0.5, 0.6) is 5.75 Å². The van der Waals surface area contributed by atoms with E-state index in [4.69, 9.17) is 9.47 Å². The van der Waals surface area contributed by atoms with Gasteiger partial charge in [-0.1, -0.05) is 40.2 Å². The van der Waals surface area contributed by atoms with Crippen molar-refractivity contribution in [3.05, 3.63) is 58.6 Å². The van der Waals surface area contributed by atoms with E-state index in [0.29, 0.717) is 17.0 Å². The number of halogens is 1. The molecule has 6 heteroatoms. The molecule has 2 rings (SSSR count). The monoisotopic (exact) mass is 391 g/mol. The fraction of sp³-hybridized carbons (Fsp3) is 0.222. The van der Waals surface area contributed by atoms with E-state index in [1.54, 1.807) is 30.3 Å². The number of hydrogen-bond donors (Lipinski definition) is 1. The summed E-state index contributed by atoms with van der Waals surface area (Å²) in [5, 5.41) is 2.70. The molecule has 0 bridgehead atoms. The quantitative estimate of drug-likeness (QED) is 0.764. The second-order valence-electron chi connectivity index (χ2n) is 5.12. The summed E-state index contributed by atoms with van der Waals surface area (Å²) in [6, 6.07) is 14.4. The standard InChI is InChI=1S/C18H18BrNO4/c1-12(18(22)20-15-8-5-7-14(19)11-15)24-17(21)10-13-6-3-4-9-16(13)23-2/h3-9,11-12H,10H2,1-2H3,(H,20,22)/t12-/m1/s1. The fourth-order valence-corrected chi connectivity index (χ4v) is 2.51. The van der Waals surface area contributed by atoms with Crippen LogP contribution in [-0.4, -0.2) is 25.1 Å². The van der Waals surface area contributed by atoms with E-state index in [0.717, 1.165) is 4.47 Å². The molecule has 0 saturated heterocycles. The highest BCUT2D eigenvalue weighted by Gasteiger charge is 2.19. The van der Waals surface area contributed by atoms with Crippen molar-refractivity contribution in [3.63, 3.8) is 0 Å². The Labute approximate surface area is 149 Å². The lowest BCUT2D eigenvalue weighted by atomic mass is 10.1. The van der Waals surface area contributed by atoms with Crippen LogP contribution in [0.4, 0.5) is 5.69 Å². The molecule has 0 radical (unpaired) electrons. The van der Waals surface area contributed by atoms with Crippen LogP contribution in [0.1, 0.15) is 12.5 Å². The summed E-state index contributed by atoms with van der Waals surface area (Å²) in [5.41, 5.74) is 1.34. The van der Waals surface area contributed by atoms with Crippen molar-refractivity contribution in [2.24, 2.45) is 0 Å². The third-order valence-electron chi connectivity index (χ3n) is 3.30. The predicted molar refractivity (Wildman–Crippen MR) is 95.0 cm³/mol. The van der Waals surface area contributed by atoms with Crippen molar-refractivity contribution in [2.75, 3.05) is 12.4 Å². The minimum atomic E-state index is -0.897. The van der Waals surface area contributed by atoms with Gasteiger partial charge in [-0.2, -0.15) is 0 Å². The van der Waals surface area contributed by atoms with Crippen LogP contribution < -0.4 is 10.1 Å². The number of carbonyl (C=O) groups excluding carboxylic acids is 2. The Morgan fingerprint density at radius 3 is 2.62 bits per heavy atom. The third kappa shape index (κ3) is 5.09. The smallest absolute Gasteiger partial charge is 0.311 e. The Hall–Kier alpha value is -2.34. The van der Waals surface area contributed by atoms with Crippen molar-refractivity contribution in [1.29, 1.82) is 0 Å². The van der Waals surface area contributed by atoms with Crippen molar-refractivity contribution in [2.45, 2.75) is 19.4 Å². The SMILES string of the molecule is COc1ccccc1CC(=O)O[C@H](C)C(=O)Nc1cccc(Br)c1. The van der Waals surface area contributed by atoms with E-state index in [9.17, 15) is 9.59 Å². The van der Waals surface area contributed by atoms with Gasteiger partial charge in [-0.15, -0.1) is 0 Å². The van der Waals surface area contributed by atoms with Gasteiger partial charge in [0, 0.05) is 15.7 Å². The summed E-state index contributed by atoms with van der Waals surface area (Å²) in [4.78, 5) is 24.1. The van der Waals surface area contributed by atoms with E-state index in [-0.39, 0.29) is 12.3 Å². The van der Waals surface area contributed by atoms with Crippen LogP contribution in [0.25, 0.3) is 0 Å². The molecule has 0 aliphatic rings. The lowest BCUT2D eigenvalue weighted by Crippen LogP contribution is -2.30. The largest absolute Gasteiger partial charge is 0.496 e. The molecule has 5 nitrogen and oxygen atoms in total. The topological polar surface area (TPSA) is 64.6 Å². The second-order valence-corrected chi connectivity index (χ2v) is 6.04. The summed E-state index contributed by atoms with van der Waals surface area (Å²) in [7, 11) is 1.54. The number of amides is 1. The highest BCUT2D eigenvalue weighted by molar-refractivity contribution is 9.10. The van der Waals surface area contributed by atoms with Gasteiger partial charge in [0.05, 0.1) is 13.5 Å². The maximum atomic E-state index is 12.1. The summed E-state index contributed by atoms with van der Waals surface area (Å²) in [6.45, 7) is 1.54. The van der Waals surface area contributed by atoms with Gasteiger partial charge in [0.2, 0.25) is 0 Å². The van der Waals surface area contributed by atoms with Crippen LogP contribution >= 0.6 is 15.9 Å². The number of nitrogens with one attached hydrogen (secondary N) is 1. The number of ether oxygens (including phenoxy) is 2. The molecule has 0 heterocycles. The molecule has 2 aromatic rings. The molecule has 0 saturated carbocycles. The molecule has 0 unspecified atom stereocenters. The van der Waals surface area contributed by atoms with Crippen LogP contribution in [0.2, 0.25) is 0 Å². The number of benzene rings is 2. The Kier molecular flexibility index (Phi) is 6.37. The molecule has 0 aliphatic heterocycles. The van der Waals surface area contributed by atoms with Crippen LogP contribution in [0, 0.1) is 0 Å². The van der Waals surface area contributed by atoms with Gasteiger partial charge in [-0.3, -0.25) is 9.59 Å². The zero-order valence-electron chi connectivity index (χ0n) is 13.4. The molecule has 1 atom stereocenters. The van der Waals surface area contributed by atoms with Gasteiger partial charge in [0.15, 0.2) is 6.10 Å². The number of anilines is 1. The summed E-state index contributed by atoms with van der Waals surface area (Å²) in [5.74, 6) is -0.265. The number of methoxy groups -OCH3 is 1. The normalized spacial score (nSPS) is 11.5. The Morgan fingerprint density at radius 1 is 1.17 bits per heavy atom. The molecule has 0 fully saturated rings. The lowest BCUT2D eigenvalue weighted by molar-refractivity contribution is -0.152. The minimum absolute atomic E-state index is 0.0402. The molecular formula is C18H18BrNO4. The van der Waals surface area contributed by atoms with E-state index in [1.165, 1.54) is 14.0 Å². The molecule has 1 amide bonds. The van der Waals surface area contributed by atoms with Crippen molar-refractivity contribution >= 4 is 33.5 Å². The summed E-state index contributed by atoms with van der Waals surface area (Å²) >= 11 is 3.33. The number of para-hydroxylation sites is 1. The maximum Gasteiger partial charge on any atom is 0.311 e.